The summed E-state index contributed by atoms with van der Waals surface area (Å²) >= 11 is 0. The van der Waals surface area contributed by atoms with Gasteiger partial charge in [0.05, 0.1) is 0 Å². The van der Waals surface area contributed by atoms with E-state index < -0.39 is 6.03 Å². The fourth-order valence-corrected chi connectivity index (χ4v) is 1.47. The Balaban J connectivity index is 3.14. The molecule has 0 radical (unpaired) electrons. The molecule has 0 spiro atoms. The first kappa shape index (κ1) is 10.5. The number of carbonyl (C=O) groups excluding carboxylic acids is 1. The Morgan fingerprint density at radius 2 is 2.07 bits per heavy atom. The van der Waals surface area contributed by atoms with Crippen LogP contribution in [-0.2, 0) is 6.54 Å². The first-order valence-corrected chi connectivity index (χ1v) is 4.42. The fraction of sp³-hybridized carbons (Fsp3) is 0.300. The van der Waals surface area contributed by atoms with Gasteiger partial charge in [0.2, 0.25) is 0 Å². The monoisotopic (exact) mass is 193 g/mol. The normalized spacial score (nSPS) is 9.93. The molecule has 0 aliphatic carbocycles. The second-order valence-electron chi connectivity index (χ2n) is 3.23. The number of anilines is 1. The highest BCUT2D eigenvalue weighted by molar-refractivity contribution is 5.89. The lowest BCUT2D eigenvalue weighted by Gasteiger charge is -2.12. The molecule has 4 nitrogen and oxygen atoms in total. The van der Waals surface area contributed by atoms with Crippen LogP contribution in [0, 0.1) is 13.8 Å². The molecule has 0 atom stereocenters. The van der Waals surface area contributed by atoms with Crippen molar-refractivity contribution in [3.8, 4) is 0 Å². The van der Waals surface area contributed by atoms with Crippen molar-refractivity contribution in [1.82, 2.24) is 0 Å². The van der Waals surface area contributed by atoms with Crippen LogP contribution < -0.4 is 16.8 Å². The molecule has 0 fully saturated rings. The van der Waals surface area contributed by atoms with E-state index in [0.29, 0.717) is 6.54 Å². The van der Waals surface area contributed by atoms with Gasteiger partial charge >= 0.3 is 6.03 Å². The third-order valence-electron chi connectivity index (χ3n) is 2.29. The molecular formula is C10H15N3O. The zero-order valence-corrected chi connectivity index (χ0v) is 8.42. The van der Waals surface area contributed by atoms with Crippen LogP contribution in [0.4, 0.5) is 10.5 Å². The summed E-state index contributed by atoms with van der Waals surface area (Å²) in [4.78, 5) is 10.7. The van der Waals surface area contributed by atoms with Crippen LogP contribution >= 0.6 is 0 Å². The van der Waals surface area contributed by atoms with Crippen molar-refractivity contribution in [2.75, 3.05) is 5.32 Å². The quantitative estimate of drug-likeness (QED) is 0.660. The molecule has 0 unspecified atom stereocenters. The van der Waals surface area contributed by atoms with E-state index in [1.807, 2.05) is 26.0 Å². The number of amides is 2. The highest BCUT2D eigenvalue weighted by Crippen LogP contribution is 2.21. The topological polar surface area (TPSA) is 81.1 Å². The first-order chi connectivity index (χ1) is 6.56. The van der Waals surface area contributed by atoms with E-state index >= 15 is 0 Å². The SMILES string of the molecule is Cc1ccc(NC(N)=O)c(C)c1CN. The molecule has 0 aliphatic rings. The number of hydrogen-bond donors (Lipinski definition) is 3. The average Bonchev–Trinajstić information content (AvgIpc) is 2.10. The third-order valence-corrected chi connectivity index (χ3v) is 2.29. The van der Waals surface area contributed by atoms with Gasteiger partial charge in [-0.25, -0.2) is 4.79 Å². The van der Waals surface area contributed by atoms with Gasteiger partial charge in [0.25, 0.3) is 0 Å². The predicted octanol–water partition coefficient (Wildman–Crippen LogP) is 1.25. The molecule has 0 aromatic heterocycles. The molecule has 0 bridgehead atoms. The predicted molar refractivity (Wildman–Crippen MR) is 57.0 cm³/mol. The van der Waals surface area contributed by atoms with Crippen LogP contribution in [0.1, 0.15) is 16.7 Å². The van der Waals surface area contributed by atoms with Crippen molar-refractivity contribution in [2.45, 2.75) is 20.4 Å². The van der Waals surface area contributed by atoms with Crippen LogP contribution in [0.5, 0.6) is 0 Å². The van der Waals surface area contributed by atoms with Gasteiger partial charge in [0.15, 0.2) is 0 Å². The van der Waals surface area contributed by atoms with Crippen molar-refractivity contribution >= 4 is 11.7 Å². The van der Waals surface area contributed by atoms with Crippen LogP contribution in [0.25, 0.3) is 0 Å². The molecule has 76 valence electrons. The molecule has 0 saturated carbocycles. The maximum atomic E-state index is 10.7. The summed E-state index contributed by atoms with van der Waals surface area (Å²) in [6, 6.07) is 3.19. The number of nitrogens with two attached hydrogens (primary N) is 2. The van der Waals surface area contributed by atoms with Crippen molar-refractivity contribution < 1.29 is 4.79 Å². The number of nitrogens with one attached hydrogen (secondary N) is 1. The number of carbonyl (C=O) groups is 1. The summed E-state index contributed by atoms with van der Waals surface area (Å²) in [5.41, 5.74) is 14.5. The van der Waals surface area contributed by atoms with Crippen molar-refractivity contribution in [2.24, 2.45) is 11.5 Å². The van der Waals surface area contributed by atoms with Crippen molar-refractivity contribution in [3.63, 3.8) is 0 Å². The minimum absolute atomic E-state index is 0.464. The Kier molecular flexibility index (Phi) is 3.09. The van der Waals surface area contributed by atoms with Gasteiger partial charge < -0.3 is 16.8 Å². The number of hydrogen-bond acceptors (Lipinski definition) is 2. The summed E-state index contributed by atoms with van der Waals surface area (Å²) in [5.74, 6) is 0. The average molecular weight is 193 g/mol. The van der Waals surface area contributed by atoms with E-state index in [0.717, 1.165) is 22.4 Å². The Morgan fingerprint density at radius 3 is 2.57 bits per heavy atom. The summed E-state index contributed by atoms with van der Waals surface area (Å²) < 4.78 is 0. The third kappa shape index (κ3) is 2.03. The number of aryl methyl sites for hydroxylation is 1. The van der Waals surface area contributed by atoms with E-state index in [4.69, 9.17) is 11.5 Å². The Morgan fingerprint density at radius 1 is 1.43 bits per heavy atom. The van der Waals surface area contributed by atoms with Crippen LogP contribution in [0.3, 0.4) is 0 Å². The number of urea groups is 1. The molecule has 0 aliphatic heterocycles. The van der Waals surface area contributed by atoms with Crippen molar-refractivity contribution in [3.05, 3.63) is 28.8 Å². The van der Waals surface area contributed by atoms with Gasteiger partial charge in [-0.15, -0.1) is 0 Å². The van der Waals surface area contributed by atoms with Gasteiger partial charge in [-0.1, -0.05) is 6.07 Å². The molecule has 1 rings (SSSR count). The molecule has 1 aromatic rings. The molecule has 0 saturated heterocycles. The lowest BCUT2D eigenvalue weighted by atomic mass is 10.0. The lowest BCUT2D eigenvalue weighted by molar-refractivity contribution is 0.259. The van der Waals surface area contributed by atoms with Crippen LogP contribution in [-0.4, -0.2) is 6.03 Å². The van der Waals surface area contributed by atoms with Crippen LogP contribution in [0.2, 0.25) is 0 Å². The largest absolute Gasteiger partial charge is 0.351 e. The minimum atomic E-state index is -0.556. The maximum absolute atomic E-state index is 10.7. The van der Waals surface area contributed by atoms with E-state index in [2.05, 4.69) is 5.32 Å². The second kappa shape index (κ2) is 4.11. The number of primary amides is 1. The summed E-state index contributed by atoms with van der Waals surface area (Å²) in [6.07, 6.45) is 0. The molecular weight excluding hydrogens is 178 g/mol. The first-order valence-electron chi connectivity index (χ1n) is 4.42. The Hall–Kier alpha value is -1.55. The van der Waals surface area contributed by atoms with E-state index in [1.165, 1.54) is 0 Å². The highest BCUT2D eigenvalue weighted by Gasteiger charge is 2.06. The van der Waals surface area contributed by atoms with Gasteiger partial charge in [-0.3, -0.25) is 0 Å². The summed E-state index contributed by atoms with van der Waals surface area (Å²) in [7, 11) is 0. The van der Waals surface area contributed by atoms with Crippen LogP contribution in [0.15, 0.2) is 12.1 Å². The smallest absolute Gasteiger partial charge is 0.316 e. The van der Waals surface area contributed by atoms with E-state index in [9.17, 15) is 4.79 Å². The van der Waals surface area contributed by atoms with E-state index in [1.54, 1.807) is 0 Å². The van der Waals surface area contributed by atoms with Gasteiger partial charge in [0.1, 0.15) is 0 Å². The van der Waals surface area contributed by atoms with Gasteiger partial charge in [-0.2, -0.15) is 0 Å². The number of rotatable bonds is 2. The Bertz CT molecular complexity index is 361. The second-order valence-corrected chi connectivity index (χ2v) is 3.23. The Labute approximate surface area is 83.3 Å². The lowest BCUT2D eigenvalue weighted by Crippen LogP contribution is -2.20. The zero-order valence-electron chi connectivity index (χ0n) is 8.42. The summed E-state index contributed by atoms with van der Waals surface area (Å²) in [6.45, 7) is 4.37. The molecule has 5 N–H and O–H groups in total. The zero-order chi connectivity index (χ0) is 10.7. The standard InChI is InChI=1S/C10H15N3O/c1-6-3-4-9(13-10(12)14)7(2)8(6)5-11/h3-4H,5,11H2,1-2H3,(H3,12,13,14). The summed E-state index contributed by atoms with van der Waals surface area (Å²) in [5, 5.41) is 2.56. The fourth-order valence-electron chi connectivity index (χ4n) is 1.47. The molecule has 14 heavy (non-hydrogen) atoms. The maximum Gasteiger partial charge on any atom is 0.316 e. The van der Waals surface area contributed by atoms with E-state index in [-0.39, 0.29) is 0 Å². The number of benzene rings is 1. The minimum Gasteiger partial charge on any atom is -0.351 e. The van der Waals surface area contributed by atoms with Crippen molar-refractivity contribution in [1.29, 1.82) is 0 Å². The molecule has 1 aromatic carbocycles. The molecule has 0 heterocycles. The molecule has 4 heteroatoms. The molecule has 2 amide bonds. The highest BCUT2D eigenvalue weighted by atomic mass is 16.2. The van der Waals surface area contributed by atoms with Gasteiger partial charge in [-0.05, 0) is 36.6 Å². The van der Waals surface area contributed by atoms with Gasteiger partial charge in [0, 0.05) is 12.2 Å².